The van der Waals surface area contributed by atoms with Gasteiger partial charge in [-0.3, -0.25) is 0 Å². The van der Waals surface area contributed by atoms with Gasteiger partial charge in [0.1, 0.15) is 0 Å². The molecule has 0 fully saturated rings. The summed E-state index contributed by atoms with van der Waals surface area (Å²) >= 11 is 5.40. The number of aromatic nitrogens is 1. The summed E-state index contributed by atoms with van der Waals surface area (Å²) in [5.41, 5.74) is 5.00. The minimum atomic E-state index is 0.863. The Morgan fingerprint density at radius 3 is 2.57 bits per heavy atom. The molecule has 2 aromatic carbocycles. The van der Waals surface area contributed by atoms with E-state index in [1.807, 2.05) is 0 Å². The molecule has 3 aromatic rings. The predicted octanol–water partition coefficient (Wildman–Crippen LogP) is 5.40. The minimum absolute atomic E-state index is 0.863. The molecule has 0 spiro atoms. The highest BCUT2D eigenvalue weighted by atomic mass is 32.1. The normalized spacial score (nSPS) is 14.3. The summed E-state index contributed by atoms with van der Waals surface area (Å²) in [4.78, 5) is 0.999. The predicted molar refractivity (Wildman–Crippen MR) is 102 cm³/mol. The first-order chi connectivity index (χ1) is 11.3. The van der Waals surface area contributed by atoms with E-state index in [-0.39, 0.29) is 0 Å². The van der Waals surface area contributed by atoms with E-state index in [0.717, 1.165) is 17.8 Å². The number of benzene rings is 2. The molecule has 2 heteroatoms. The molecule has 1 aromatic heterocycles. The van der Waals surface area contributed by atoms with Crippen LogP contribution in [0.2, 0.25) is 0 Å². The number of rotatable bonds is 3. The van der Waals surface area contributed by atoms with Crippen molar-refractivity contribution in [2.24, 2.45) is 0 Å². The van der Waals surface area contributed by atoms with E-state index in [2.05, 4.69) is 83.5 Å². The molecule has 0 amide bonds. The standard InChI is InChI=1S/C21H17NS/c23-19-11-6-10-17(13-19)21-14-18-9-4-5-12-20(18)22(21)15-16-7-2-1-3-8-16/h1-10,12-14H,11,15H2. The lowest BCUT2D eigenvalue weighted by molar-refractivity contribution is 0.825. The van der Waals surface area contributed by atoms with Crippen LogP contribution in [0.1, 0.15) is 17.7 Å². The molecule has 0 radical (unpaired) electrons. The van der Waals surface area contributed by atoms with Gasteiger partial charge in [0, 0.05) is 34.4 Å². The van der Waals surface area contributed by atoms with Gasteiger partial charge in [-0.1, -0.05) is 72.9 Å². The van der Waals surface area contributed by atoms with Crippen LogP contribution < -0.4 is 0 Å². The Morgan fingerprint density at radius 1 is 0.957 bits per heavy atom. The van der Waals surface area contributed by atoms with Crippen LogP contribution in [0.4, 0.5) is 0 Å². The molecular formula is C21H17NS. The van der Waals surface area contributed by atoms with Crippen molar-refractivity contribution >= 4 is 33.6 Å². The Labute approximate surface area is 141 Å². The van der Waals surface area contributed by atoms with E-state index in [1.54, 1.807) is 0 Å². The molecule has 112 valence electrons. The van der Waals surface area contributed by atoms with Crippen LogP contribution in [0.5, 0.6) is 0 Å². The average molecular weight is 315 g/mol. The maximum Gasteiger partial charge on any atom is 0.0494 e. The van der Waals surface area contributed by atoms with E-state index >= 15 is 0 Å². The van der Waals surface area contributed by atoms with Gasteiger partial charge in [-0.15, -0.1) is 0 Å². The summed E-state index contributed by atoms with van der Waals surface area (Å²) in [6, 6.07) is 21.4. The maximum absolute atomic E-state index is 5.40. The minimum Gasteiger partial charge on any atom is -0.336 e. The number of thiocarbonyl (C=S) groups is 1. The molecule has 0 N–H and O–H groups in total. The summed E-state index contributed by atoms with van der Waals surface area (Å²) in [6.07, 6.45) is 7.34. The first-order valence-corrected chi connectivity index (χ1v) is 8.26. The largest absolute Gasteiger partial charge is 0.336 e. The van der Waals surface area contributed by atoms with Gasteiger partial charge < -0.3 is 4.57 Å². The molecule has 1 aliphatic carbocycles. The van der Waals surface area contributed by atoms with Crippen molar-refractivity contribution in [3.05, 3.63) is 90.1 Å². The van der Waals surface area contributed by atoms with Crippen LogP contribution in [-0.2, 0) is 6.54 Å². The Hall–Kier alpha value is -2.45. The molecule has 23 heavy (non-hydrogen) atoms. The third-order valence-electron chi connectivity index (χ3n) is 4.22. The second-order valence-corrected chi connectivity index (χ2v) is 6.36. The Morgan fingerprint density at radius 2 is 1.74 bits per heavy atom. The SMILES string of the molecule is S=C1C=C(c2cc3ccccc3n2Cc2ccccc2)C=CC1. The number of nitrogens with zero attached hydrogens (tertiary/aromatic N) is 1. The van der Waals surface area contributed by atoms with Gasteiger partial charge in [0.2, 0.25) is 0 Å². The van der Waals surface area contributed by atoms with Crippen molar-refractivity contribution in [2.45, 2.75) is 13.0 Å². The summed E-state index contributed by atoms with van der Waals surface area (Å²) in [6.45, 7) is 0.863. The lowest BCUT2D eigenvalue weighted by Crippen LogP contribution is -2.05. The van der Waals surface area contributed by atoms with E-state index < -0.39 is 0 Å². The lowest BCUT2D eigenvalue weighted by Gasteiger charge is -2.14. The van der Waals surface area contributed by atoms with Crippen LogP contribution in [0.3, 0.4) is 0 Å². The topological polar surface area (TPSA) is 4.93 Å². The van der Waals surface area contributed by atoms with Crippen molar-refractivity contribution < 1.29 is 0 Å². The first-order valence-electron chi connectivity index (χ1n) is 7.85. The second kappa shape index (κ2) is 5.98. The van der Waals surface area contributed by atoms with Crippen molar-refractivity contribution in [1.82, 2.24) is 4.57 Å². The Kier molecular flexibility index (Phi) is 3.68. The van der Waals surface area contributed by atoms with Gasteiger partial charge in [0.15, 0.2) is 0 Å². The average Bonchev–Trinajstić information content (AvgIpc) is 2.95. The molecule has 1 heterocycles. The van der Waals surface area contributed by atoms with Crippen LogP contribution in [0, 0.1) is 0 Å². The van der Waals surface area contributed by atoms with Gasteiger partial charge in [-0.05, 0) is 29.3 Å². The molecule has 0 saturated carbocycles. The quantitative estimate of drug-likeness (QED) is 0.586. The van der Waals surface area contributed by atoms with Crippen LogP contribution >= 0.6 is 12.2 Å². The lowest BCUT2D eigenvalue weighted by atomic mass is 10.0. The van der Waals surface area contributed by atoms with E-state index in [1.165, 1.54) is 27.7 Å². The van der Waals surface area contributed by atoms with Crippen LogP contribution in [-0.4, -0.2) is 9.43 Å². The zero-order chi connectivity index (χ0) is 15.6. The van der Waals surface area contributed by atoms with E-state index in [9.17, 15) is 0 Å². The zero-order valence-electron chi connectivity index (χ0n) is 12.8. The molecular weight excluding hydrogens is 298 g/mol. The van der Waals surface area contributed by atoms with E-state index in [4.69, 9.17) is 12.2 Å². The first kappa shape index (κ1) is 14.2. The van der Waals surface area contributed by atoms with Crippen LogP contribution in [0.15, 0.2) is 78.9 Å². The van der Waals surface area contributed by atoms with Crippen LogP contribution in [0.25, 0.3) is 16.5 Å². The molecule has 0 unspecified atom stereocenters. The highest BCUT2D eigenvalue weighted by Gasteiger charge is 2.13. The number of fused-ring (bicyclic) bond motifs is 1. The number of para-hydroxylation sites is 1. The highest BCUT2D eigenvalue weighted by Crippen LogP contribution is 2.28. The Bertz CT molecular complexity index is 929. The molecule has 1 nitrogen and oxygen atoms in total. The van der Waals surface area contributed by atoms with Gasteiger partial charge >= 0.3 is 0 Å². The molecule has 0 saturated heterocycles. The molecule has 0 aliphatic heterocycles. The van der Waals surface area contributed by atoms with E-state index in [0.29, 0.717) is 0 Å². The third-order valence-corrected chi connectivity index (χ3v) is 4.51. The summed E-state index contributed by atoms with van der Waals surface area (Å²) in [5.74, 6) is 0. The fourth-order valence-electron chi connectivity index (χ4n) is 3.13. The smallest absolute Gasteiger partial charge is 0.0494 e. The second-order valence-electron chi connectivity index (χ2n) is 5.83. The van der Waals surface area contributed by atoms with Crippen molar-refractivity contribution in [3.63, 3.8) is 0 Å². The Balaban J connectivity index is 1.88. The van der Waals surface area contributed by atoms with Gasteiger partial charge in [-0.2, -0.15) is 0 Å². The fraction of sp³-hybridized carbons (Fsp3) is 0.0952. The third kappa shape index (κ3) is 2.78. The highest BCUT2D eigenvalue weighted by molar-refractivity contribution is 7.80. The number of allylic oxidation sites excluding steroid dienone is 4. The monoisotopic (exact) mass is 315 g/mol. The molecule has 0 bridgehead atoms. The summed E-state index contributed by atoms with van der Waals surface area (Å²) in [7, 11) is 0. The fourth-order valence-corrected chi connectivity index (χ4v) is 3.35. The van der Waals surface area contributed by atoms with Crippen molar-refractivity contribution in [2.75, 3.05) is 0 Å². The molecule has 0 atom stereocenters. The maximum atomic E-state index is 5.40. The van der Waals surface area contributed by atoms with Gasteiger partial charge in [0.05, 0.1) is 0 Å². The molecule has 4 rings (SSSR count). The van der Waals surface area contributed by atoms with Crippen molar-refractivity contribution in [3.8, 4) is 0 Å². The zero-order valence-corrected chi connectivity index (χ0v) is 13.6. The van der Waals surface area contributed by atoms with Crippen molar-refractivity contribution in [1.29, 1.82) is 0 Å². The van der Waals surface area contributed by atoms with Gasteiger partial charge in [-0.25, -0.2) is 0 Å². The van der Waals surface area contributed by atoms with Gasteiger partial charge in [0.25, 0.3) is 0 Å². The number of hydrogen-bond acceptors (Lipinski definition) is 1. The number of hydrogen-bond donors (Lipinski definition) is 0. The summed E-state index contributed by atoms with van der Waals surface area (Å²) < 4.78 is 2.38. The summed E-state index contributed by atoms with van der Waals surface area (Å²) in [5, 5.41) is 1.27. The molecule has 1 aliphatic rings.